The Morgan fingerprint density at radius 3 is 2.65 bits per heavy atom. The van der Waals surface area contributed by atoms with E-state index in [-0.39, 0.29) is 18.4 Å². The van der Waals surface area contributed by atoms with Crippen LogP contribution in [0.25, 0.3) is 0 Å². The molecule has 17 heavy (non-hydrogen) atoms. The Hall–Kier alpha value is -1.10. The summed E-state index contributed by atoms with van der Waals surface area (Å²) >= 11 is 0. The van der Waals surface area contributed by atoms with E-state index in [1.54, 1.807) is 18.7 Å². The van der Waals surface area contributed by atoms with Gasteiger partial charge in [-0.25, -0.2) is 0 Å². The quantitative estimate of drug-likeness (QED) is 0.799. The Balaban J connectivity index is 2.66. The third-order valence-electron chi connectivity index (χ3n) is 3.61. The molecule has 1 N–H and O–H groups in total. The predicted octanol–water partition coefficient (Wildman–Crippen LogP) is 0.982. The SMILES string of the molecule is COCC(=O)N1CCCC(C(C)(C)C(=O)O)C1. The van der Waals surface area contributed by atoms with E-state index in [2.05, 4.69) is 0 Å². The van der Waals surface area contributed by atoms with Gasteiger partial charge in [0.2, 0.25) is 5.91 Å². The van der Waals surface area contributed by atoms with Crippen molar-refractivity contribution in [3.63, 3.8) is 0 Å². The zero-order valence-corrected chi connectivity index (χ0v) is 10.7. The molecule has 98 valence electrons. The molecule has 1 saturated heterocycles. The van der Waals surface area contributed by atoms with Crippen LogP contribution < -0.4 is 0 Å². The molecule has 0 aromatic carbocycles. The molecule has 1 atom stereocenters. The lowest BCUT2D eigenvalue weighted by Gasteiger charge is -2.39. The predicted molar refractivity (Wildman–Crippen MR) is 62.6 cm³/mol. The molecule has 5 heteroatoms. The highest BCUT2D eigenvalue weighted by atomic mass is 16.5. The van der Waals surface area contributed by atoms with E-state index in [0.29, 0.717) is 13.1 Å². The van der Waals surface area contributed by atoms with E-state index in [0.717, 1.165) is 12.8 Å². The Morgan fingerprint density at radius 1 is 1.47 bits per heavy atom. The first-order valence-corrected chi connectivity index (χ1v) is 5.89. The smallest absolute Gasteiger partial charge is 0.309 e. The van der Waals surface area contributed by atoms with Crippen molar-refractivity contribution in [2.45, 2.75) is 26.7 Å². The molecule has 0 aromatic rings. The van der Waals surface area contributed by atoms with Gasteiger partial charge in [0.05, 0.1) is 5.41 Å². The largest absolute Gasteiger partial charge is 0.481 e. The van der Waals surface area contributed by atoms with Gasteiger partial charge in [-0.05, 0) is 32.6 Å². The highest BCUT2D eigenvalue weighted by Gasteiger charge is 2.39. The Bertz CT molecular complexity index is 301. The van der Waals surface area contributed by atoms with Crippen molar-refractivity contribution >= 4 is 11.9 Å². The molecule has 0 bridgehead atoms. The van der Waals surface area contributed by atoms with Crippen molar-refractivity contribution in [3.05, 3.63) is 0 Å². The maximum absolute atomic E-state index is 11.7. The maximum Gasteiger partial charge on any atom is 0.309 e. The number of ether oxygens (including phenoxy) is 1. The molecule has 0 saturated carbocycles. The second-order valence-corrected chi connectivity index (χ2v) is 5.14. The lowest BCUT2D eigenvalue weighted by Crippen LogP contribution is -2.47. The zero-order valence-electron chi connectivity index (χ0n) is 10.7. The minimum atomic E-state index is -0.802. The summed E-state index contributed by atoms with van der Waals surface area (Å²) in [5.74, 6) is -0.850. The monoisotopic (exact) mass is 243 g/mol. The summed E-state index contributed by atoms with van der Waals surface area (Å²) in [6, 6.07) is 0. The summed E-state index contributed by atoms with van der Waals surface area (Å²) in [6.45, 7) is 4.74. The number of amides is 1. The number of carbonyl (C=O) groups excluding carboxylic acids is 1. The van der Waals surface area contributed by atoms with E-state index >= 15 is 0 Å². The number of hydrogen-bond donors (Lipinski definition) is 1. The van der Waals surface area contributed by atoms with Crippen LogP contribution in [0, 0.1) is 11.3 Å². The number of rotatable bonds is 4. The summed E-state index contributed by atoms with van der Waals surface area (Å²) in [7, 11) is 1.49. The third-order valence-corrected chi connectivity index (χ3v) is 3.61. The lowest BCUT2D eigenvalue weighted by molar-refractivity contribution is -0.153. The van der Waals surface area contributed by atoms with Crippen molar-refractivity contribution in [1.82, 2.24) is 4.90 Å². The number of carboxylic acid groups (broad SMARTS) is 1. The number of nitrogens with zero attached hydrogens (tertiary/aromatic N) is 1. The summed E-state index contributed by atoms with van der Waals surface area (Å²) in [5, 5.41) is 9.19. The summed E-state index contributed by atoms with van der Waals surface area (Å²) in [4.78, 5) is 24.6. The minimum Gasteiger partial charge on any atom is -0.481 e. The molecular weight excluding hydrogens is 222 g/mol. The minimum absolute atomic E-state index is 0.00885. The van der Waals surface area contributed by atoms with E-state index < -0.39 is 11.4 Å². The molecule has 1 heterocycles. The Morgan fingerprint density at radius 2 is 2.12 bits per heavy atom. The van der Waals surface area contributed by atoms with Crippen molar-refractivity contribution < 1.29 is 19.4 Å². The number of piperidine rings is 1. The van der Waals surface area contributed by atoms with Crippen molar-refractivity contribution in [2.75, 3.05) is 26.8 Å². The van der Waals surface area contributed by atoms with Gasteiger partial charge in [-0.15, -0.1) is 0 Å². The van der Waals surface area contributed by atoms with Crippen LogP contribution in [0.4, 0.5) is 0 Å². The number of carboxylic acids is 1. The third kappa shape index (κ3) is 3.19. The highest BCUT2D eigenvalue weighted by molar-refractivity contribution is 5.78. The van der Waals surface area contributed by atoms with Crippen LogP contribution in [0.2, 0.25) is 0 Å². The van der Waals surface area contributed by atoms with Gasteiger partial charge in [-0.3, -0.25) is 9.59 Å². The fourth-order valence-electron chi connectivity index (χ4n) is 2.18. The van der Waals surface area contributed by atoms with Crippen molar-refractivity contribution in [3.8, 4) is 0 Å². The fraction of sp³-hybridized carbons (Fsp3) is 0.833. The molecule has 1 unspecified atom stereocenters. The molecule has 1 fully saturated rings. The molecular formula is C12H21NO4. The van der Waals surface area contributed by atoms with E-state index in [4.69, 9.17) is 4.74 Å². The van der Waals surface area contributed by atoms with Gasteiger partial charge >= 0.3 is 5.97 Å². The normalized spacial score (nSPS) is 21.4. The van der Waals surface area contributed by atoms with E-state index in [1.165, 1.54) is 7.11 Å². The number of hydrogen-bond acceptors (Lipinski definition) is 3. The molecule has 0 aromatic heterocycles. The van der Waals surface area contributed by atoms with Gasteiger partial charge in [0, 0.05) is 20.2 Å². The van der Waals surface area contributed by atoms with Gasteiger partial charge in [0.15, 0.2) is 0 Å². The van der Waals surface area contributed by atoms with Crippen LogP contribution in [-0.2, 0) is 14.3 Å². The van der Waals surface area contributed by atoms with Crippen molar-refractivity contribution in [2.24, 2.45) is 11.3 Å². The number of likely N-dealkylation sites (tertiary alicyclic amines) is 1. The van der Waals surface area contributed by atoms with Gasteiger partial charge in [0.1, 0.15) is 6.61 Å². The Labute approximate surface area is 102 Å². The molecule has 1 aliphatic rings. The molecule has 0 aliphatic carbocycles. The molecule has 5 nitrogen and oxygen atoms in total. The van der Waals surface area contributed by atoms with Crippen LogP contribution in [0.3, 0.4) is 0 Å². The van der Waals surface area contributed by atoms with E-state index in [9.17, 15) is 14.7 Å². The van der Waals surface area contributed by atoms with Crippen molar-refractivity contribution in [1.29, 1.82) is 0 Å². The molecule has 1 amide bonds. The summed E-state index contributed by atoms with van der Waals surface area (Å²) in [5.41, 5.74) is -0.786. The lowest BCUT2D eigenvalue weighted by atomic mass is 9.74. The zero-order chi connectivity index (χ0) is 13.1. The molecule has 0 spiro atoms. The summed E-state index contributed by atoms with van der Waals surface area (Å²) < 4.78 is 4.82. The average Bonchev–Trinajstić information content (AvgIpc) is 2.29. The first kappa shape index (κ1) is 14.0. The van der Waals surface area contributed by atoms with Gasteiger partial charge < -0.3 is 14.7 Å². The number of aliphatic carboxylic acids is 1. The second-order valence-electron chi connectivity index (χ2n) is 5.14. The second kappa shape index (κ2) is 5.49. The van der Waals surface area contributed by atoms with Crippen LogP contribution >= 0.6 is 0 Å². The van der Waals surface area contributed by atoms with Crippen LogP contribution in [0.15, 0.2) is 0 Å². The Kier molecular flexibility index (Phi) is 4.51. The average molecular weight is 243 g/mol. The first-order chi connectivity index (χ1) is 7.89. The highest BCUT2D eigenvalue weighted by Crippen LogP contribution is 2.34. The molecule has 1 rings (SSSR count). The first-order valence-electron chi connectivity index (χ1n) is 5.89. The molecule has 1 aliphatic heterocycles. The fourth-order valence-corrected chi connectivity index (χ4v) is 2.18. The van der Waals surface area contributed by atoms with Crippen LogP contribution in [0.1, 0.15) is 26.7 Å². The van der Waals surface area contributed by atoms with Gasteiger partial charge in [0.25, 0.3) is 0 Å². The topological polar surface area (TPSA) is 66.8 Å². The van der Waals surface area contributed by atoms with Crippen LogP contribution in [-0.4, -0.2) is 48.7 Å². The maximum atomic E-state index is 11.7. The number of carbonyl (C=O) groups is 2. The van der Waals surface area contributed by atoms with Gasteiger partial charge in [-0.2, -0.15) is 0 Å². The summed E-state index contributed by atoms with van der Waals surface area (Å²) in [6.07, 6.45) is 1.72. The van der Waals surface area contributed by atoms with Crippen LogP contribution in [0.5, 0.6) is 0 Å². The number of methoxy groups -OCH3 is 1. The standard InChI is InChI=1S/C12H21NO4/c1-12(2,11(15)16)9-5-4-6-13(7-9)10(14)8-17-3/h9H,4-8H2,1-3H3,(H,15,16). The molecule has 0 radical (unpaired) electrons. The van der Waals surface area contributed by atoms with E-state index in [1.807, 2.05) is 0 Å². The van der Waals surface area contributed by atoms with Gasteiger partial charge in [-0.1, -0.05) is 0 Å².